The van der Waals surface area contributed by atoms with Crippen LogP contribution in [0.25, 0.3) is 0 Å². The van der Waals surface area contributed by atoms with Crippen molar-refractivity contribution in [1.82, 2.24) is 20.6 Å². The van der Waals surface area contributed by atoms with Crippen LogP contribution in [0.15, 0.2) is 24.7 Å². The first-order valence-corrected chi connectivity index (χ1v) is 6.07. The summed E-state index contributed by atoms with van der Waals surface area (Å²) < 4.78 is 0. The number of carboxylic acids is 1. The first-order chi connectivity index (χ1) is 9.15. The Morgan fingerprint density at radius 2 is 2.21 bits per heavy atom. The van der Waals surface area contributed by atoms with E-state index in [-0.39, 0.29) is 12.5 Å². The zero-order valence-electron chi connectivity index (χ0n) is 10.3. The summed E-state index contributed by atoms with van der Waals surface area (Å²) in [6.07, 6.45) is 8.73. The predicted octanol–water partition coefficient (Wildman–Crippen LogP) is 0.423. The van der Waals surface area contributed by atoms with E-state index >= 15 is 0 Å². The number of imidazole rings is 1. The molecule has 2 amide bonds. The highest BCUT2D eigenvalue weighted by atomic mass is 16.4. The van der Waals surface area contributed by atoms with E-state index in [1.165, 1.54) is 12.5 Å². The molecule has 19 heavy (non-hydrogen) atoms. The van der Waals surface area contributed by atoms with Crippen LogP contribution in [0.1, 0.15) is 18.5 Å². The molecule has 1 aliphatic carbocycles. The van der Waals surface area contributed by atoms with Crippen LogP contribution in [-0.4, -0.2) is 39.2 Å². The van der Waals surface area contributed by atoms with E-state index in [0.29, 0.717) is 5.69 Å². The number of carbonyl (C=O) groups excluding carboxylic acids is 1. The van der Waals surface area contributed by atoms with Gasteiger partial charge in [-0.15, -0.1) is 0 Å². The summed E-state index contributed by atoms with van der Waals surface area (Å²) in [5, 5.41) is 14.3. The van der Waals surface area contributed by atoms with Gasteiger partial charge in [0, 0.05) is 24.4 Å². The van der Waals surface area contributed by atoms with Crippen molar-refractivity contribution >= 4 is 12.0 Å². The third-order valence-corrected chi connectivity index (χ3v) is 2.93. The van der Waals surface area contributed by atoms with Crippen LogP contribution in [-0.2, 0) is 11.2 Å². The van der Waals surface area contributed by atoms with Gasteiger partial charge >= 0.3 is 12.0 Å². The molecule has 1 aromatic heterocycles. The molecule has 7 heteroatoms. The molecule has 0 radical (unpaired) electrons. The van der Waals surface area contributed by atoms with Gasteiger partial charge in [-0.05, 0) is 12.8 Å². The first-order valence-electron chi connectivity index (χ1n) is 6.07. The van der Waals surface area contributed by atoms with E-state index in [1.54, 1.807) is 0 Å². The maximum atomic E-state index is 11.7. The number of aliphatic carboxylic acids is 1. The maximum absolute atomic E-state index is 11.7. The summed E-state index contributed by atoms with van der Waals surface area (Å²) in [7, 11) is 0. The van der Waals surface area contributed by atoms with E-state index in [1.807, 2.05) is 12.2 Å². The number of aromatic nitrogens is 2. The van der Waals surface area contributed by atoms with Crippen molar-refractivity contribution in [3.8, 4) is 0 Å². The highest BCUT2D eigenvalue weighted by Gasteiger charge is 2.22. The van der Waals surface area contributed by atoms with E-state index in [0.717, 1.165) is 12.8 Å². The third-order valence-electron chi connectivity index (χ3n) is 2.93. The zero-order valence-corrected chi connectivity index (χ0v) is 10.3. The number of carbonyl (C=O) groups is 2. The topological polar surface area (TPSA) is 107 Å². The number of H-pyrrole nitrogens is 1. The number of nitrogens with one attached hydrogen (secondary N) is 3. The fourth-order valence-electron chi connectivity index (χ4n) is 1.94. The molecule has 1 atom stereocenters. The Labute approximate surface area is 110 Å². The highest BCUT2D eigenvalue weighted by molar-refractivity contribution is 5.82. The lowest BCUT2D eigenvalue weighted by Gasteiger charge is -2.17. The molecule has 0 aliphatic heterocycles. The van der Waals surface area contributed by atoms with Crippen LogP contribution in [0, 0.1) is 0 Å². The smallest absolute Gasteiger partial charge is 0.326 e. The van der Waals surface area contributed by atoms with Crippen LogP contribution >= 0.6 is 0 Å². The van der Waals surface area contributed by atoms with Crippen LogP contribution < -0.4 is 10.6 Å². The van der Waals surface area contributed by atoms with Crippen molar-refractivity contribution in [2.24, 2.45) is 0 Å². The lowest BCUT2D eigenvalue weighted by Crippen LogP contribution is -2.49. The second kappa shape index (κ2) is 6.03. The van der Waals surface area contributed by atoms with E-state index < -0.39 is 18.0 Å². The first kappa shape index (κ1) is 13.1. The van der Waals surface area contributed by atoms with E-state index in [9.17, 15) is 9.59 Å². The molecule has 0 saturated heterocycles. The summed E-state index contributed by atoms with van der Waals surface area (Å²) in [4.78, 5) is 29.4. The van der Waals surface area contributed by atoms with E-state index in [4.69, 9.17) is 5.11 Å². The fourth-order valence-corrected chi connectivity index (χ4v) is 1.94. The number of hydrogen-bond acceptors (Lipinski definition) is 3. The van der Waals surface area contributed by atoms with Gasteiger partial charge in [0.05, 0.1) is 6.33 Å². The second-order valence-electron chi connectivity index (χ2n) is 4.43. The molecule has 0 bridgehead atoms. The zero-order chi connectivity index (χ0) is 13.7. The van der Waals surface area contributed by atoms with Gasteiger partial charge in [0.15, 0.2) is 0 Å². The van der Waals surface area contributed by atoms with Gasteiger partial charge in [-0.25, -0.2) is 14.6 Å². The lowest BCUT2D eigenvalue weighted by molar-refractivity contribution is -0.139. The number of aromatic amines is 1. The average Bonchev–Trinajstić information content (AvgIpc) is 3.00. The van der Waals surface area contributed by atoms with Crippen LogP contribution in [0.2, 0.25) is 0 Å². The number of rotatable bonds is 5. The van der Waals surface area contributed by atoms with Crippen molar-refractivity contribution in [3.63, 3.8) is 0 Å². The largest absolute Gasteiger partial charge is 0.480 e. The second-order valence-corrected chi connectivity index (χ2v) is 4.43. The SMILES string of the molecule is O=C(NC1CC=CC1)N[C@H](Cc1cnc[nH]1)C(=O)O. The number of hydrogen-bond donors (Lipinski definition) is 4. The molecule has 0 unspecified atom stereocenters. The van der Waals surface area contributed by atoms with Crippen molar-refractivity contribution in [2.45, 2.75) is 31.3 Å². The molecule has 0 spiro atoms. The fraction of sp³-hybridized carbons (Fsp3) is 0.417. The molecule has 0 fully saturated rings. The molecular formula is C12H16N4O3. The minimum absolute atomic E-state index is 0.0570. The van der Waals surface area contributed by atoms with Gasteiger partial charge in [0.25, 0.3) is 0 Å². The summed E-state index contributed by atoms with van der Waals surface area (Å²) in [5.41, 5.74) is 0.662. The van der Waals surface area contributed by atoms with Crippen molar-refractivity contribution in [1.29, 1.82) is 0 Å². The molecule has 4 N–H and O–H groups in total. The number of amides is 2. The molecule has 1 heterocycles. The number of nitrogens with zero attached hydrogens (tertiary/aromatic N) is 1. The highest BCUT2D eigenvalue weighted by Crippen LogP contribution is 2.08. The normalized spacial score (nSPS) is 16.2. The molecule has 1 aromatic rings. The minimum atomic E-state index is -1.07. The molecular weight excluding hydrogens is 248 g/mol. The molecule has 1 aliphatic rings. The Bertz CT molecular complexity index is 461. The van der Waals surface area contributed by atoms with Crippen molar-refractivity contribution in [3.05, 3.63) is 30.4 Å². The Hall–Kier alpha value is -2.31. The van der Waals surface area contributed by atoms with Gasteiger partial charge in [-0.3, -0.25) is 0 Å². The van der Waals surface area contributed by atoms with Gasteiger partial charge in [0.2, 0.25) is 0 Å². The average molecular weight is 264 g/mol. The summed E-state index contributed by atoms with van der Waals surface area (Å²) in [5.74, 6) is -1.07. The molecule has 0 saturated carbocycles. The number of urea groups is 1. The third kappa shape index (κ3) is 3.84. The summed E-state index contributed by atoms with van der Waals surface area (Å²) in [6, 6.07) is -1.38. The maximum Gasteiger partial charge on any atom is 0.326 e. The van der Waals surface area contributed by atoms with E-state index in [2.05, 4.69) is 20.6 Å². The van der Waals surface area contributed by atoms with Gasteiger partial charge < -0.3 is 20.7 Å². The Kier molecular flexibility index (Phi) is 4.17. The van der Waals surface area contributed by atoms with Crippen LogP contribution in [0.5, 0.6) is 0 Å². The monoisotopic (exact) mass is 264 g/mol. The number of carboxylic acid groups (broad SMARTS) is 1. The van der Waals surface area contributed by atoms with Crippen LogP contribution in [0.4, 0.5) is 4.79 Å². The lowest BCUT2D eigenvalue weighted by atomic mass is 10.1. The molecule has 7 nitrogen and oxygen atoms in total. The van der Waals surface area contributed by atoms with Gasteiger partial charge in [0.1, 0.15) is 6.04 Å². The van der Waals surface area contributed by atoms with Crippen molar-refractivity contribution < 1.29 is 14.7 Å². The van der Waals surface area contributed by atoms with Gasteiger partial charge in [-0.1, -0.05) is 12.2 Å². The Morgan fingerprint density at radius 1 is 1.47 bits per heavy atom. The summed E-state index contributed by atoms with van der Waals surface area (Å²) in [6.45, 7) is 0. The quantitative estimate of drug-likeness (QED) is 0.578. The molecule has 102 valence electrons. The molecule has 0 aromatic carbocycles. The van der Waals surface area contributed by atoms with Gasteiger partial charge in [-0.2, -0.15) is 0 Å². The van der Waals surface area contributed by atoms with Crippen LogP contribution in [0.3, 0.4) is 0 Å². The predicted molar refractivity (Wildman–Crippen MR) is 67.5 cm³/mol. The minimum Gasteiger partial charge on any atom is -0.480 e. The standard InChI is InChI=1S/C12H16N4O3/c17-11(18)10(5-9-6-13-7-14-9)16-12(19)15-8-3-1-2-4-8/h1-2,6-8,10H,3-5H2,(H,13,14)(H,17,18)(H2,15,16,19)/t10-/m1/s1. The Balaban J connectivity index is 1.85. The van der Waals surface area contributed by atoms with Crippen molar-refractivity contribution in [2.75, 3.05) is 0 Å². The summed E-state index contributed by atoms with van der Waals surface area (Å²) >= 11 is 0. The molecule has 2 rings (SSSR count). The Morgan fingerprint density at radius 3 is 2.79 bits per heavy atom.